The molecule has 0 saturated heterocycles. The lowest BCUT2D eigenvalue weighted by Gasteiger charge is -2.20. The highest BCUT2D eigenvalue weighted by Crippen LogP contribution is 2.38. The first-order valence-corrected chi connectivity index (χ1v) is 7.63. The van der Waals surface area contributed by atoms with Crippen LogP contribution in [-0.4, -0.2) is 24.1 Å². The normalized spacial score (nSPS) is 12.6. The van der Waals surface area contributed by atoms with Gasteiger partial charge in [0.05, 0.1) is 10.7 Å². The van der Waals surface area contributed by atoms with E-state index in [9.17, 15) is 4.79 Å². The standard InChI is InChI=1S/C16H13ClN2O3S/c17-11-7-13-14(22-6-5-21-13)8-12(11)19-16(20)10-3-1-9(2-4-10)15(18)23/h1-4,7-8H,5-6H2,(H2,18,23)(H,19,20). The second-order valence-corrected chi connectivity index (χ2v) is 5.72. The molecular formula is C16H13ClN2O3S. The maximum atomic E-state index is 12.3. The number of anilines is 1. The fourth-order valence-corrected chi connectivity index (χ4v) is 2.48. The zero-order chi connectivity index (χ0) is 16.4. The van der Waals surface area contributed by atoms with E-state index in [4.69, 9.17) is 39.0 Å². The van der Waals surface area contributed by atoms with E-state index in [2.05, 4.69) is 5.32 Å². The molecule has 0 fully saturated rings. The minimum atomic E-state index is -0.293. The molecule has 0 aromatic heterocycles. The van der Waals surface area contributed by atoms with E-state index >= 15 is 0 Å². The topological polar surface area (TPSA) is 73.6 Å². The van der Waals surface area contributed by atoms with Crippen molar-refractivity contribution in [3.63, 3.8) is 0 Å². The maximum Gasteiger partial charge on any atom is 0.255 e. The maximum absolute atomic E-state index is 12.3. The zero-order valence-corrected chi connectivity index (χ0v) is 13.5. The molecule has 3 N–H and O–H groups in total. The second kappa shape index (κ2) is 6.44. The first-order valence-electron chi connectivity index (χ1n) is 6.85. The van der Waals surface area contributed by atoms with Gasteiger partial charge in [-0.3, -0.25) is 4.79 Å². The van der Waals surface area contributed by atoms with Crippen LogP contribution in [0.4, 0.5) is 5.69 Å². The Balaban J connectivity index is 1.81. The number of rotatable bonds is 3. The summed E-state index contributed by atoms with van der Waals surface area (Å²) in [7, 11) is 0. The lowest BCUT2D eigenvalue weighted by Crippen LogP contribution is -2.17. The smallest absolute Gasteiger partial charge is 0.255 e. The van der Waals surface area contributed by atoms with Gasteiger partial charge < -0.3 is 20.5 Å². The lowest BCUT2D eigenvalue weighted by molar-refractivity contribution is 0.102. The Morgan fingerprint density at radius 2 is 1.65 bits per heavy atom. The highest BCUT2D eigenvalue weighted by molar-refractivity contribution is 7.80. The third-order valence-corrected chi connectivity index (χ3v) is 3.86. The molecule has 2 aromatic carbocycles. The van der Waals surface area contributed by atoms with Gasteiger partial charge in [0.15, 0.2) is 11.5 Å². The van der Waals surface area contributed by atoms with Gasteiger partial charge in [0.25, 0.3) is 5.91 Å². The van der Waals surface area contributed by atoms with Crippen LogP contribution in [0.15, 0.2) is 36.4 Å². The minimum absolute atomic E-state index is 0.284. The van der Waals surface area contributed by atoms with E-state index in [0.29, 0.717) is 46.5 Å². The molecule has 0 spiro atoms. The Morgan fingerprint density at radius 3 is 2.26 bits per heavy atom. The van der Waals surface area contributed by atoms with Crippen molar-refractivity contribution in [3.05, 3.63) is 52.5 Å². The molecule has 1 aliphatic heterocycles. The molecule has 2 aromatic rings. The number of halogens is 1. The number of hydrogen-bond acceptors (Lipinski definition) is 4. The summed E-state index contributed by atoms with van der Waals surface area (Å²) in [6.45, 7) is 0.937. The Kier molecular flexibility index (Phi) is 4.36. The van der Waals surface area contributed by atoms with Crippen LogP contribution >= 0.6 is 23.8 Å². The molecule has 0 bridgehead atoms. The molecule has 0 radical (unpaired) electrons. The van der Waals surface area contributed by atoms with Crippen molar-refractivity contribution in [1.82, 2.24) is 0 Å². The molecule has 0 unspecified atom stereocenters. The fraction of sp³-hybridized carbons (Fsp3) is 0.125. The van der Waals surface area contributed by atoms with E-state index in [1.54, 1.807) is 36.4 Å². The molecule has 1 amide bonds. The van der Waals surface area contributed by atoms with E-state index in [1.165, 1.54) is 0 Å². The summed E-state index contributed by atoms with van der Waals surface area (Å²) in [4.78, 5) is 12.6. The number of nitrogens with one attached hydrogen (secondary N) is 1. The number of thiocarbonyl (C=S) groups is 1. The summed E-state index contributed by atoms with van der Waals surface area (Å²) in [5.74, 6) is 0.831. The van der Waals surface area contributed by atoms with Crippen LogP contribution < -0.4 is 20.5 Å². The third kappa shape index (κ3) is 3.38. The first-order chi connectivity index (χ1) is 11.0. The van der Waals surface area contributed by atoms with Crippen LogP contribution in [0, 0.1) is 0 Å². The van der Waals surface area contributed by atoms with Crippen molar-refractivity contribution >= 4 is 40.4 Å². The lowest BCUT2D eigenvalue weighted by atomic mass is 10.1. The second-order valence-electron chi connectivity index (χ2n) is 4.87. The highest BCUT2D eigenvalue weighted by Gasteiger charge is 2.17. The molecule has 0 saturated carbocycles. The van der Waals surface area contributed by atoms with Crippen molar-refractivity contribution in [1.29, 1.82) is 0 Å². The quantitative estimate of drug-likeness (QED) is 0.834. The highest BCUT2D eigenvalue weighted by atomic mass is 35.5. The van der Waals surface area contributed by atoms with Gasteiger partial charge in [-0.05, 0) is 12.1 Å². The zero-order valence-electron chi connectivity index (χ0n) is 12.0. The van der Waals surface area contributed by atoms with Gasteiger partial charge in [0.1, 0.15) is 18.2 Å². The van der Waals surface area contributed by atoms with Crippen LogP contribution in [0.2, 0.25) is 5.02 Å². The van der Waals surface area contributed by atoms with E-state index < -0.39 is 0 Å². The molecule has 118 valence electrons. The molecule has 23 heavy (non-hydrogen) atoms. The van der Waals surface area contributed by atoms with Crippen LogP contribution in [-0.2, 0) is 0 Å². The molecule has 5 nitrogen and oxygen atoms in total. The Labute approximate surface area is 143 Å². The summed E-state index contributed by atoms with van der Waals surface area (Å²) in [6.07, 6.45) is 0. The third-order valence-electron chi connectivity index (χ3n) is 3.31. The number of ether oxygens (including phenoxy) is 2. The minimum Gasteiger partial charge on any atom is -0.486 e. The summed E-state index contributed by atoms with van der Waals surface area (Å²) < 4.78 is 10.9. The SMILES string of the molecule is NC(=S)c1ccc(C(=O)Nc2cc3c(cc2Cl)OCCO3)cc1. The number of hydrogen-bond donors (Lipinski definition) is 2. The van der Waals surface area contributed by atoms with E-state index in [0.717, 1.165) is 0 Å². The average molecular weight is 349 g/mol. The van der Waals surface area contributed by atoms with Gasteiger partial charge in [-0.2, -0.15) is 0 Å². The van der Waals surface area contributed by atoms with E-state index in [-0.39, 0.29) is 10.9 Å². The van der Waals surface area contributed by atoms with Crippen LogP contribution in [0.1, 0.15) is 15.9 Å². The Hall–Kier alpha value is -2.31. The molecule has 7 heteroatoms. The largest absolute Gasteiger partial charge is 0.486 e. The van der Waals surface area contributed by atoms with Crippen molar-refractivity contribution in [2.45, 2.75) is 0 Å². The molecule has 3 rings (SSSR count). The van der Waals surface area contributed by atoms with Crippen LogP contribution in [0.3, 0.4) is 0 Å². The Morgan fingerprint density at radius 1 is 1.09 bits per heavy atom. The average Bonchev–Trinajstić information content (AvgIpc) is 2.55. The molecule has 0 atom stereocenters. The summed E-state index contributed by atoms with van der Waals surface area (Å²) in [5, 5.41) is 3.13. The molecular weight excluding hydrogens is 336 g/mol. The number of carbonyl (C=O) groups is 1. The van der Waals surface area contributed by atoms with Crippen molar-refractivity contribution < 1.29 is 14.3 Å². The summed E-state index contributed by atoms with van der Waals surface area (Å²) in [5.41, 5.74) is 7.16. The monoisotopic (exact) mass is 348 g/mol. The summed E-state index contributed by atoms with van der Waals surface area (Å²) >= 11 is 11.1. The van der Waals surface area contributed by atoms with Crippen molar-refractivity contribution in [3.8, 4) is 11.5 Å². The van der Waals surface area contributed by atoms with Gasteiger partial charge in [0.2, 0.25) is 0 Å². The van der Waals surface area contributed by atoms with Crippen molar-refractivity contribution in [2.24, 2.45) is 5.73 Å². The van der Waals surface area contributed by atoms with Gasteiger partial charge in [-0.1, -0.05) is 36.0 Å². The number of nitrogens with two attached hydrogens (primary N) is 1. The fourth-order valence-electron chi connectivity index (χ4n) is 2.14. The Bertz CT molecular complexity index is 778. The number of amides is 1. The van der Waals surface area contributed by atoms with Crippen LogP contribution in [0.25, 0.3) is 0 Å². The van der Waals surface area contributed by atoms with Gasteiger partial charge >= 0.3 is 0 Å². The van der Waals surface area contributed by atoms with Crippen LogP contribution in [0.5, 0.6) is 11.5 Å². The first kappa shape index (κ1) is 15.6. The predicted molar refractivity (Wildman–Crippen MR) is 92.7 cm³/mol. The van der Waals surface area contributed by atoms with E-state index in [1.807, 2.05) is 0 Å². The van der Waals surface area contributed by atoms with Gasteiger partial charge in [-0.25, -0.2) is 0 Å². The number of fused-ring (bicyclic) bond motifs is 1. The predicted octanol–water partition coefficient (Wildman–Crippen LogP) is 3.00. The van der Waals surface area contributed by atoms with Gasteiger partial charge in [-0.15, -0.1) is 0 Å². The molecule has 0 aliphatic carbocycles. The van der Waals surface area contributed by atoms with Gasteiger partial charge in [0, 0.05) is 23.3 Å². The number of benzene rings is 2. The molecule has 1 aliphatic rings. The molecule has 1 heterocycles. The summed E-state index contributed by atoms with van der Waals surface area (Å²) in [6, 6.07) is 9.97. The number of carbonyl (C=O) groups excluding carboxylic acids is 1. The van der Waals surface area contributed by atoms with Crippen molar-refractivity contribution in [2.75, 3.05) is 18.5 Å².